The molecule has 0 atom stereocenters. The normalized spacial score (nSPS) is 19.9. The van der Waals surface area contributed by atoms with Crippen molar-refractivity contribution in [2.24, 2.45) is 0 Å². The largest absolute Gasteiger partial charge is 0.338 e. The number of urea groups is 1. The fourth-order valence-corrected chi connectivity index (χ4v) is 4.11. The van der Waals surface area contributed by atoms with Gasteiger partial charge < -0.3 is 15.2 Å². The highest BCUT2D eigenvalue weighted by atomic mass is 16.2. The summed E-state index contributed by atoms with van der Waals surface area (Å²) >= 11 is 0. The molecule has 0 spiro atoms. The summed E-state index contributed by atoms with van der Waals surface area (Å²) in [4.78, 5) is 16.6. The highest BCUT2D eigenvalue weighted by Crippen LogP contribution is 2.31. The number of imidazole rings is 1. The highest BCUT2D eigenvalue weighted by Gasteiger charge is 2.21. The van der Waals surface area contributed by atoms with Crippen molar-refractivity contribution in [3.05, 3.63) is 17.7 Å². The van der Waals surface area contributed by atoms with Gasteiger partial charge in [0.25, 0.3) is 0 Å². The smallest absolute Gasteiger partial charge is 0.315 e. The summed E-state index contributed by atoms with van der Waals surface area (Å²) in [5, 5.41) is 6.10. The maximum atomic E-state index is 12.0. The Labute approximate surface area is 139 Å². The first-order chi connectivity index (χ1) is 11.2. The van der Waals surface area contributed by atoms with E-state index in [1.165, 1.54) is 50.6 Å². The first-order valence-electron chi connectivity index (χ1n) is 9.31. The molecule has 0 aromatic carbocycles. The molecule has 5 nitrogen and oxygen atoms in total. The van der Waals surface area contributed by atoms with Crippen LogP contribution in [0.3, 0.4) is 0 Å². The number of aryl methyl sites for hydroxylation is 1. The third-order valence-electron chi connectivity index (χ3n) is 5.32. The van der Waals surface area contributed by atoms with Crippen molar-refractivity contribution in [3.8, 4) is 0 Å². The first kappa shape index (κ1) is 16.3. The average molecular weight is 318 g/mol. The van der Waals surface area contributed by atoms with Crippen LogP contribution in [0.5, 0.6) is 0 Å². The fourth-order valence-electron chi connectivity index (χ4n) is 4.11. The monoisotopic (exact) mass is 318 g/mol. The first-order valence-corrected chi connectivity index (χ1v) is 9.31. The molecular weight excluding hydrogens is 288 g/mol. The van der Waals surface area contributed by atoms with Gasteiger partial charge in [0, 0.05) is 36.9 Å². The summed E-state index contributed by atoms with van der Waals surface area (Å²) in [5.74, 6) is 1.12. The molecule has 1 aromatic rings. The van der Waals surface area contributed by atoms with Crippen LogP contribution in [0.2, 0.25) is 0 Å². The molecule has 2 N–H and O–H groups in total. The molecule has 2 fully saturated rings. The summed E-state index contributed by atoms with van der Waals surface area (Å²) in [6, 6.07) is 0.961. The number of carbonyl (C=O) groups excluding carboxylic acids is 1. The predicted molar refractivity (Wildman–Crippen MR) is 91.6 cm³/mol. The van der Waals surface area contributed by atoms with Crippen molar-refractivity contribution in [2.45, 2.75) is 83.2 Å². The number of carbonyl (C=O) groups is 1. The molecule has 2 saturated carbocycles. The van der Waals surface area contributed by atoms with Crippen LogP contribution in [0.15, 0.2) is 6.20 Å². The minimum atomic E-state index is -0.0207. The third kappa shape index (κ3) is 4.27. The molecule has 128 valence electrons. The minimum absolute atomic E-state index is 0.0207. The van der Waals surface area contributed by atoms with Crippen LogP contribution in [-0.2, 0) is 6.42 Å². The quantitative estimate of drug-likeness (QED) is 0.873. The highest BCUT2D eigenvalue weighted by molar-refractivity contribution is 5.74. The minimum Gasteiger partial charge on any atom is -0.338 e. The van der Waals surface area contributed by atoms with E-state index in [-0.39, 0.29) is 6.03 Å². The molecule has 23 heavy (non-hydrogen) atoms. The number of hydrogen-bond donors (Lipinski definition) is 2. The lowest BCUT2D eigenvalue weighted by atomic mass is 9.96. The number of hydrogen-bond acceptors (Lipinski definition) is 2. The van der Waals surface area contributed by atoms with Gasteiger partial charge in [-0.15, -0.1) is 0 Å². The van der Waals surface area contributed by atoms with Gasteiger partial charge in [-0.05, 0) is 32.6 Å². The summed E-state index contributed by atoms with van der Waals surface area (Å²) in [6.45, 7) is 2.79. The van der Waals surface area contributed by atoms with E-state index in [4.69, 9.17) is 0 Å². The lowest BCUT2D eigenvalue weighted by molar-refractivity contribution is 0.232. The average Bonchev–Trinajstić information content (AvgIpc) is 3.18. The Kier molecular flexibility index (Phi) is 5.57. The van der Waals surface area contributed by atoms with Gasteiger partial charge in [0.15, 0.2) is 0 Å². The maximum Gasteiger partial charge on any atom is 0.315 e. The second kappa shape index (κ2) is 7.84. The Balaban J connectivity index is 1.46. The molecule has 0 aliphatic heterocycles. The zero-order valence-electron chi connectivity index (χ0n) is 14.3. The van der Waals surface area contributed by atoms with Crippen molar-refractivity contribution in [1.82, 2.24) is 20.2 Å². The maximum absolute atomic E-state index is 12.0. The predicted octanol–water partition coefficient (Wildman–Crippen LogP) is 3.48. The molecule has 5 heteroatoms. The molecule has 1 heterocycles. The zero-order valence-corrected chi connectivity index (χ0v) is 14.3. The molecule has 2 amide bonds. The third-order valence-corrected chi connectivity index (χ3v) is 5.32. The Morgan fingerprint density at radius 1 is 1.17 bits per heavy atom. The summed E-state index contributed by atoms with van der Waals surface area (Å²) in [6.07, 6.45) is 14.0. The number of aromatic nitrogens is 2. The van der Waals surface area contributed by atoms with Gasteiger partial charge in [0.1, 0.15) is 5.82 Å². The lowest BCUT2D eigenvalue weighted by Crippen LogP contribution is -2.43. The van der Waals surface area contributed by atoms with Crippen LogP contribution in [-0.4, -0.2) is 28.2 Å². The second-order valence-corrected chi connectivity index (χ2v) is 7.11. The Hall–Kier alpha value is -1.52. The van der Waals surface area contributed by atoms with Gasteiger partial charge in [-0.2, -0.15) is 0 Å². The van der Waals surface area contributed by atoms with E-state index in [0.29, 0.717) is 18.6 Å². The van der Waals surface area contributed by atoms with E-state index < -0.39 is 0 Å². The van der Waals surface area contributed by atoms with Gasteiger partial charge in [-0.3, -0.25) is 0 Å². The molecule has 1 aromatic heterocycles. The van der Waals surface area contributed by atoms with Gasteiger partial charge in [-0.1, -0.05) is 32.1 Å². The van der Waals surface area contributed by atoms with Crippen molar-refractivity contribution in [1.29, 1.82) is 0 Å². The second-order valence-electron chi connectivity index (χ2n) is 7.11. The standard InChI is InChI=1S/C18H30N4O/c1-14-13-20-17(22(14)16-9-5-6-10-16)11-12-19-18(23)21-15-7-3-2-4-8-15/h13,15-16H,2-12H2,1H3,(H2,19,21,23). The van der Waals surface area contributed by atoms with Crippen molar-refractivity contribution < 1.29 is 4.79 Å². The van der Waals surface area contributed by atoms with Crippen molar-refractivity contribution >= 4 is 6.03 Å². The van der Waals surface area contributed by atoms with Gasteiger partial charge >= 0.3 is 6.03 Å². The van der Waals surface area contributed by atoms with Gasteiger partial charge in [0.05, 0.1) is 0 Å². The molecule has 2 aliphatic rings. The van der Waals surface area contributed by atoms with E-state index in [0.717, 1.165) is 25.1 Å². The number of nitrogens with zero attached hydrogens (tertiary/aromatic N) is 2. The Bertz CT molecular complexity index is 513. The van der Waals surface area contributed by atoms with Crippen LogP contribution in [0.1, 0.15) is 75.3 Å². The van der Waals surface area contributed by atoms with E-state index in [1.54, 1.807) is 0 Å². The molecule has 2 aliphatic carbocycles. The number of nitrogens with one attached hydrogen (secondary N) is 2. The Morgan fingerprint density at radius 3 is 2.61 bits per heavy atom. The van der Waals surface area contributed by atoms with Gasteiger partial charge in [-0.25, -0.2) is 9.78 Å². The molecule has 0 bridgehead atoms. The Morgan fingerprint density at radius 2 is 1.87 bits per heavy atom. The van der Waals surface area contributed by atoms with Crippen LogP contribution in [0.4, 0.5) is 4.79 Å². The van der Waals surface area contributed by atoms with Crippen molar-refractivity contribution in [2.75, 3.05) is 6.54 Å². The SMILES string of the molecule is Cc1cnc(CCNC(=O)NC2CCCCC2)n1C1CCCC1. The van der Waals surface area contributed by atoms with Crippen LogP contribution in [0, 0.1) is 6.92 Å². The van der Waals surface area contributed by atoms with Crippen molar-refractivity contribution in [3.63, 3.8) is 0 Å². The molecule has 0 unspecified atom stereocenters. The topological polar surface area (TPSA) is 59.0 Å². The van der Waals surface area contributed by atoms with Crippen LogP contribution < -0.4 is 10.6 Å². The number of amides is 2. The molecular formula is C18H30N4O. The summed E-state index contributed by atoms with van der Waals surface area (Å²) in [7, 11) is 0. The van der Waals surface area contributed by atoms with Crippen LogP contribution >= 0.6 is 0 Å². The number of rotatable bonds is 5. The summed E-state index contributed by atoms with van der Waals surface area (Å²) < 4.78 is 2.40. The van der Waals surface area contributed by atoms with E-state index in [2.05, 4.69) is 27.1 Å². The lowest BCUT2D eigenvalue weighted by Gasteiger charge is -2.23. The van der Waals surface area contributed by atoms with Gasteiger partial charge in [0.2, 0.25) is 0 Å². The van der Waals surface area contributed by atoms with E-state index in [9.17, 15) is 4.79 Å². The van der Waals surface area contributed by atoms with E-state index >= 15 is 0 Å². The van der Waals surface area contributed by atoms with Crippen LogP contribution in [0.25, 0.3) is 0 Å². The van der Waals surface area contributed by atoms with E-state index in [1.807, 2.05) is 6.20 Å². The fraction of sp³-hybridized carbons (Fsp3) is 0.778. The molecule has 0 radical (unpaired) electrons. The summed E-state index contributed by atoms with van der Waals surface area (Å²) in [5.41, 5.74) is 1.25. The molecule has 0 saturated heterocycles. The molecule has 3 rings (SSSR count). The zero-order chi connectivity index (χ0) is 16.1.